The summed E-state index contributed by atoms with van der Waals surface area (Å²) < 4.78 is 0. The number of thioether (sulfide) groups is 1. The Kier molecular flexibility index (Phi) is 21.5. The van der Waals surface area contributed by atoms with E-state index in [0.717, 1.165) is 0 Å². The molecule has 0 radical (unpaired) electrons. The second-order valence-corrected chi connectivity index (χ2v) is 2.75. The van der Waals surface area contributed by atoms with E-state index in [-0.39, 0.29) is 0 Å². The molecule has 0 saturated carbocycles. The fourth-order valence-electron chi connectivity index (χ4n) is 0.204. The molecule has 0 N–H and O–H groups in total. The van der Waals surface area contributed by atoms with Crippen molar-refractivity contribution in [1.82, 2.24) is 0 Å². The van der Waals surface area contributed by atoms with E-state index in [1.807, 2.05) is 18.7 Å². The fraction of sp³-hybridized carbons (Fsp3) is 0.714. The third kappa shape index (κ3) is 36.1. The molecule has 0 aliphatic rings. The normalized spacial score (nSPS) is 6.88. The molecule has 50 valence electrons. The number of rotatable bonds is 2. The fourth-order valence-corrected chi connectivity index (χ4v) is 0.612. The highest BCUT2D eigenvalue weighted by atomic mass is 32.2. The van der Waals surface area contributed by atoms with Crippen molar-refractivity contribution in [1.29, 1.82) is 0 Å². The molecule has 1 heteroatoms. The maximum Gasteiger partial charge on any atom is -0.00961 e. The molecular formula is C7H16S. The summed E-state index contributed by atoms with van der Waals surface area (Å²) in [7, 11) is 0. The quantitative estimate of drug-likeness (QED) is 0.520. The molecule has 0 aromatic heterocycles. The Morgan fingerprint density at radius 1 is 1.38 bits per heavy atom. The van der Waals surface area contributed by atoms with Crippen LogP contribution in [0.3, 0.4) is 0 Å². The molecule has 0 atom stereocenters. The molecule has 0 bridgehead atoms. The standard InChI is InChI=1S/C4H10S.C3H6/c1-3-5-4-2;1-3-2/h3-4H2,1-2H3;3H,1H2,2H3. The molecule has 8 heavy (non-hydrogen) atoms. The van der Waals surface area contributed by atoms with Gasteiger partial charge >= 0.3 is 0 Å². The highest BCUT2D eigenvalue weighted by Gasteiger charge is 1.67. The summed E-state index contributed by atoms with van der Waals surface area (Å²) in [5, 5.41) is 0. The lowest BCUT2D eigenvalue weighted by Gasteiger charge is -1.80. The summed E-state index contributed by atoms with van der Waals surface area (Å²) in [6.45, 7) is 9.60. The van der Waals surface area contributed by atoms with E-state index >= 15 is 0 Å². The van der Waals surface area contributed by atoms with E-state index in [1.165, 1.54) is 11.5 Å². The van der Waals surface area contributed by atoms with Gasteiger partial charge in [0.05, 0.1) is 0 Å². The molecule has 0 aliphatic carbocycles. The average Bonchev–Trinajstić information content (AvgIpc) is 1.71. The van der Waals surface area contributed by atoms with Gasteiger partial charge in [-0.3, -0.25) is 0 Å². The third-order valence-electron chi connectivity index (χ3n) is 0.408. The van der Waals surface area contributed by atoms with Gasteiger partial charge in [-0.15, -0.1) is 6.58 Å². The van der Waals surface area contributed by atoms with Crippen LogP contribution in [-0.2, 0) is 0 Å². The van der Waals surface area contributed by atoms with Gasteiger partial charge in [-0.25, -0.2) is 0 Å². The molecule has 0 aromatic rings. The van der Waals surface area contributed by atoms with Crippen LogP contribution < -0.4 is 0 Å². The Bertz CT molecular complexity index is 31.4. The van der Waals surface area contributed by atoms with Crippen molar-refractivity contribution in [2.45, 2.75) is 20.8 Å². The molecule has 0 saturated heterocycles. The summed E-state index contributed by atoms with van der Waals surface area (Å²) >= 11 is 1.96. The van der Waals surface area contributed by atoms with Crippen LogP contribution in [0.4, 0.5) is 0 Å². The molecular weight excluding hydrogens is 116 g/mol. The van der Waals surface area contributed by atoms with E-state index in [2.05, 4.69) is 20.4 Å². The van der Waals surface area contributed by atoms with Gasteiger partial charge in [-0.2, -0.15) is 11.8 Å². The van der Waals surface area contributed by atoms with Crippen LogP contribution in [0, 0.1) is 0 Å². The van der Waals surface area contributed by atoms with Gasteiger partial charge in [0, 0.05) is 0 Å². The average molecular weight is 132 g/mol. The number of hydrogen-bond acceptors (Lipinski definition) is 1. The van der Waals surface area contributed by atoms with E-state index in [0.29, 0.717) is 0 Å². The van der Waals surface area contributed by atoms with Crippen molar-refractivity contribution >= 4 is 11.8 Å². The van der Waals surface area contributed by atoms with Gasteiger partial charge in [-0.1, -0.05) is 19.9 Å². The maximum atomic E-state index is 3.36. The van der Waals surface area contributed by atoms with Crippen LogP contribution in [0.1, 0.15) is 20.8 Å². The first-order valence-corrected chi connectivity index (χ1v) is 4.13. The number of hydrogen-bond donors (Lipinski definition) is 0. The van der Waals surface area contributed by atoms with Crippen molar-refractivity contribution in [3.05, 3.63) is 12.7 Å². The Morgan fingerprint density at radius 2 is 1.62 bits per heavy atom. The van der Waals surface area contributed by atoms with Crippen LogP contribution in [0.5, 0.6) is 0 Å². The summed E-state index contributed by atoms with van der Waals surface area (Å²) in [5.74, 6) is 2.52. The minimum Gasteiger partial charge on any atom is -0.163 e. The summed E-state index contributed by atoms with van der Waals surface area (Å²) in [6.07, 6.45) is 1.75. The SMILES string of the molecule is C=CC.CCSCC. The predicted octanol–water partition coefficient (Wildman–Crippen LogP) is 2.95. The molecule has 0 fully saturated rings. The van der Waals surface area contributed by atoms with Crippen LogP contribution in [0.15, 0.2) is 12.7 Å². The van der Waals surface area contributed by atoms with Crippen molar-refractivity contribution < 1.29 is 0 Å². The molecule has 0 spiro atoms. The smallest absolute Gasteiger partial charge is 0.00961 e. The molecule has 0 amide bonds. The highest BCUT2D eigenvalue weighted by Crippen LogP contribution is 1.93. The maximum absolute atomic E-state index is 3.36. The van der Waals surface area contributed by atoms with Crippen LogP contribution >= 0.6 is 11.8 Å². The third-order valence-corrected chi connectivity index (χ3v) is 1.22. The van der Waals surface area contributed by atoms with Crippen molar-refractivity contribution in [3.8, 4) is 0 Å². The van der Waals surface area contributed by atoms with E-state index in [9.17, 15) is 0 Å². The van der Waals surface area contributed by atoms with Crippen LogP contribution in [-0.4, -0.2) is 11.5 Å². The second kappa shape index (κ2) is 15.7. The van der Waals surface area contributed by atoms with Gasteiger partial charge in [0.1, 0.15) is 0 Å². The van der Waals surface area contributed by atoms with Crippen LogP contribution in [0.25, 0.3) is 0 Å². The highest BCUT2D eigenvalue weighted by molar-refractivity contribution is 7.99. The van der Waals surface area contributed by atoms with Gasteiger partial charge in [0.15, 0.2) is 0 Å². The van der Waals surface area contributed by atoms with Crippen molar-refractivity contribution in [2.24, 2.45) is 0 Å². The van der Waals surface area contributed by atoms with Gasteiger partial charge in [0.2, 0.25) is 0 Å². The lowest BCUT2D eigenvalue weighted by molar-refractivity contribution is 1.46. The molecule has 0 aromatic carbocycles. The summed E-state index contributed by atoms with van der Waals surface area (Å²) in [5.41, 5.74) is 0. The Hall–Kier alpha value is 0.0900. The first kappa shape index (κ1) is 11.0. The minimum atomic E-state index is 1.26. The monoisotopic (exact) mass is 132 g/mol. The lowest BCUT2D eigenvalue weighted by Crippen LogP contribution is -1.64. The summed E-state index contributed by atoms with van der Waals surface area (Å²) in [4.78, 5) is 0. The molecule has 0 nitrogen and oxygen atoms in total. The molecule has 0 aliphatic heterocycles. The zero-order valence-electron chi connectivity index (χ0n) is 6.11. The topological polar surface area (TPSA) is 0 Å². The molecule has 0 rings (SSSR count). The minimum absolute atomic E-state index is 1.26. The zero-order chi connectivity index (χ0) is 6.83. The van der Waals surface area contributed by atoms with E-state index in [4.69, 9.17) is 0 Å². The predicted molar refractivity (Wildman–Crippen MR) is 44.5 cm³/mol. The molecule has 0 unspecified atom stereocenters. The summed E-state index contributed by atoms with van der Waals surface area (Å²) in [6, 6.07) is 0. The van der Waals surface area contributed by atoms with Crippen molar-refractivity contribution in [2.75, 3.05) is 11.5 Å². The first-order chi connectivity index (χ1) is 3.83. The molecule has 0 heterocycles. The Labute approximate surface area is 57.4 Å². The van der Waals surface area contributed by atoms with Gasteiger partial charge in [-0.05, 0) is 18.4 Å². The second-order valence-electron chi connectivity index (χ2n) is 1.19. The van der Waals surface area contributed by atoms with Gasteiger partial charge < -0.3 is 0 Å². The van der Waals surface area contributed by atoms with Crippen LogP contribution in [0.2, 0.25) is 0 Å². The number of allylic oxidation sites excluding steroid dienone is 1. The van der Waals surface area contributed by atoms with E-state index in [1.54, 1.807) is 6.08 Å². The Balaban J connectivity index is 0. The first-order valence-electron chi connectivity index (χ1n) is 2.98. The zero-order valence-corrected chi connectivity index (χ0v) is 6.92. The largest absolute Gasteiger partial charge is 0.163 e. The van der Waals surface area contributed by atoms with Crippen molar-refractivity contribution in [3.63, 3.8) is 0 Å². The van der Waals surface area contributed by atoms with E-state index < -0.39 is 0 Å². The lowest BCUT2D eigenvalue weighted by atomic mass is 10.8. The van der Waals surface area contributed by atoms with Gasteiger partial charge in [0.25, 0.3) is 0 Å². The Morgan fingerprint density at radius 3 is 1.62 bits per heavy atom.